The van der Waals surface area contributed by atoms with Crippen molar-refractivity contribution in [2.75, 3.05) is 11.9 Å². The number of ether oxygens (including phenoxy) is 1. The van der Waals surface area contributed by atoms with Crippen LogP contribution in [0.15, 0.2) is 24.3 Å². The molecule has 0 spiro atoms. The van der Waals surface area contributed by atoms with E-state index in [4.69, 9.17) is 16.3 Å². The third-order valence-corrected chi connectivity index (χ3v) is 4.35. The predicted molar refractivity (Wildman–Crippen MR) is 79.7 cm³/mol. The van der Waals surface area contributed by atoms with Gasteiger partial charge >= 0.3 is 0 Å². The van der Waals surface area contributed by atoms with Gasteiger partial charge in [-0.15, -0.1) is 11.3 Å². The molecule has 0 saturated heterocycles. The van der Waals surface area contributed by atoms with E-state index < -0.39 is 0 Å². The molecular weight excluding hydrogens is 296 g/mol. The molecule has 1 heterocycles. The minimum atomic E-state index is -0.202. The van der Waals surface area contributed by atoms with E-state index in [1.807, 2.05) is 0 Å². The Kier molecular flexibility index (Phi) is 3.89. The topological polar surface area (TPSA) is 51.2 Å². The summed E-state index contributed by atoms with van der Waals surface area (Å²) in [5, 5.41) is 4.07. The second-order valence-corrected chi connectivity index (χ2v) is 6.05. The zero-order chi connectivity index (χ0) is 13.9. The second-order valence-electron chi connectivity index (χ2n) is 4.53. The van der Waals surface area contributed by atoms with Gasteiger partial charge in [0.1, 0.15) is 5.75 Å². The maximum Gasteiger partial charge on any atom is 0.264 e. The number of hydrogen-bond acceptors (Lipinski definition) is 4. The van der Waals surface area contributed by atoms with Gasteiger partial charge in [-0.3, -0.25) is 10.1 Å². The number of benzene rings is 1. The molecule has 0 bridgehead atoms. The van der Waals surface area contributed by atoms with Crippen LogP contribution in [0.25, 0.3) is 0 Å². The van der Waals surface area contributed by atoms with Crippen LogP contribution in [0.3, 0.4) is 0 Å². The number of rotatable bonds is 4. The molecule has 0 unspecified atom stereocenters. The SMILES string of the molecule is O=C(COc1ccc(Cl)cc1)Nc1nc2c(s1)CCC2. The molecule has 1 aromatic heterocycles. The fourth-order valence-corrected chi connectivity index (χ4v) is 3.27. The van der Waals surface area contributed by atoms with Crippen molar-refractivity contribution >= 4 is 34.0 Å². The van der Waals surface area contributed by atoms with Crippen molar-refractivity contribution in [2.24, 2.45) is 0 Å². The summed E-state index contributed by atoms with van der Waals surface area (Å²) in [5.41, 5.74) is 1.13. The average Bonchev–Trinajstić information content (AvgIpc) is 2.99. The zero-order valence-electron chi connectivity index (χ0n) is 10.7. The summed E-state index contributed by atoms with van der Waals surface area (Å²) in [6.07, 6.45) is 3.26. The first-order chi connectivity index (χ1) is 9.70. The summed E-state index contributed by atoms with van der Waals surface area (Å²) < 4.78 is 5.38. The van der Waals surface area contributed by atoms with Crippen molar-refractivity contribution in [3.8, 4) is 5.75 Å². The lowest BCUT2D eigenvalue weighted by atomic mass is 10.3. The quantitative estimate of drug-likeness (QED) is 0.943. The molecule has 1 aromatic carbocycles. The largest absolute Gasteiger partial charge is 0.484 e. The summed E-state index contributed by atoms with van der Waals surface area (Å²) in [6, 6.07) is 6.90. The normalized spacial score (nSPS) is 13.1. The van der Waals surface area contributed by atoms with Gasteiger partial charge in [0.2, 0.25) is 0 Å². The van der Waals surface area contributed by atoms with Crippen LogP contribution in [0.1, 0.15) is 17.0 Å². The first kappa shape index (κ1) is 13.4. The molecule has 1 aliphatic carbocycles. The summed E-state index contributed by atoms with van der Waals surface area (Å²) >= 11 is 7.33. The molecule has 20 heavy (non-hydrogen) atoms. The van der Waals surface area contributed by atoms with E-state index in [9.17, 15) is 4.79 Å². The summed E-state index contributed by atoms with van der Waals surface area (Å²) in [7, 11) is 0. The Morgan fingerprint density at radius 2 is 2.15 bits per heavy atom. The van der Waals surface area contributed by atoms with Crippen LogP contribution in [-0.4, -0.2) is 17.5 Å². The molecule has 2 aromatic rings. The molecule has 1 amide bonds. The molecule has 6 heteroatoms. The van der Waals surface area contributed by atoms with Crippen LogP contribution in [0.5, 0.6) is 5.75 Å². The van der Waals surface area contributed by atoms with Gasteiger partial charge < -0.3 is 4.74 Å². The molecular formula is C14H13ClN2O2S. The first-order valence-corrected chi connectivity index (χ1v) is 7.57. The first-order valence-electron chi connectivity index (χ1n) is 6.37. The van der Waals surface area contributed by atoms with Crippen molar-refractivity contribution in [3.05, 3.63) is 39.9 Å². The van der Waals surface area contributed by atoms with Crippen molar-refractivity contribution < 1.29 is 9.53 Å². The van der Waals surface area contributed by atoms with Gasteiger partial charge in [-0.05, 0) is 43.5 Å². The smallest absolute Gasteiger partial charge is 0.264 e. The van der Waals surface area contributed by atoms with E-state index in [-0.39, 0.29) is 12.5 Å². The molecule has 0 saturated carbocycles. The standard InChI is InChI=1S/C14H13ClN2O2S/c15-9-4-6-10(7-5-9)19-8-13(18)17-14-16-11-2-1-3-12(11)20-14/h4-7H,1-3,8H2,(H,16,17,18). The van der Waals surface area contributed by atoms with Crippen molar-refractivity contribution in [1.29, 1.82) is 0 Å². The van der Waals surface area contributed by atoms with E-state index in [2.05, 4.69) is 10.3 Å². The van der Waals surface area contributed by atoms with Crippen LogP contribution in [0.2, 0.25) is 5.02 Å². The van der Waals surface area contributed by atoms with Crippen LogP contribution >= 0.6 is 22.9 Å². The third kappa shape index (κ3) is 3.11. The molecule has 3 rings (SSSR count). The van der Waals surface area contributed by atoms with Gasteiger partial charge in [0.15, 0.2) is 11.7 Å². The van der Waals surface area contributed by atoms with Gasteiger partial charge in [-0.1, -0.05) is 11.6 Å². The molecule has 4 nitrogen and oxygen atoms in total. The Labute approximate surface area is 125 Å². The number of halogens is 1. The van der Waals surface area contributed by atoms with Crippen LogP contribution in [0, 0.1) is 0 Å². The lowest BCUT2D eigenvalue weighted by molar-refractivity contribution is -0.118. The van der Waals surface area contributed by atoms with Crippen LogP contribution in [-0.2, 0) is 17.6 Å². The summed E-state index contributed by atoms with van der Waals surface area (Å²) in [6.45, 7) is -0.0358. The number of thiazole rings is 1. The second kappa shape index (κ2) is 5.81. The molecule has 0 fully saturated rings. The number of aromatic nitrogens is 1. The number of carbonyl (C=O) groups is 1. The number of amides is 1. The number of anilines is 1. The number of nitrogens with one attached hydrogen (secondary N) is 1. The minimum absolute atomic E-state index is 0.0358. The fraction of sp³-hybridized carbons (Fsp3) is 0.286. The van der Waals surface area contributed by atoms with Gasteiger partial charge in [0.05, 0.1) is 5.69 Å². The number of aryl methyl sites for hydroxylation is 2. The fourth-order valence-electron chi connectivity index (χ4n) is 2.08. The Morgan fingerprint density at radius 3 is 2.90 bits per heavy atom. The van der Waals surface area contributed by atoms with E-state index in [0.717, 1.165) is 18.5 Å². The van der Waals surface area contributed by atoms with Gasteiger partial charge in [-0.25, -0.2) is 4.98 Å². The Bertz CT molecular complexity index is 603. The number of nitrogens with zero attached hydrogens (tertiary/aromatic N) is 1. The van der Waals surface area contributed by atoms with E-state index in [1.54, 1.807) is 35.6 Å². The predicted octanol–water partition coefficient (Wildman–Crippen LogP) is 3.30. The van der Waals surface area contributed by atoms with E-state index in [0.29, 0.717) is 15.9 Å². The highest BCUT2D eigenvalue weighted by Crippen LogP contribution is 2.30. The molecule has 0 radical (unpaired) electrons. The lowest BCUT2D eigenvalue weighted by Gasteiger charge is -2.05. The number of hydrogen-bond donors (Lipinski definition) is 1. The van der Waals surface area contributed by atoms with E-state index >= 15 is 0 Å². The molecule has 104 valence electrons. The Balaban J connectivity index is 1.53. The Morgan fingerprint density at radius 1 is 1.35 bits per heavy atom. The van der Waals surface area contributed by atoms with Crippen molar-refractivity contribution in [2.45, 2.75) is 19.3 Å². The minimum Gasteiger partial charge on any atom is -0.484 e. The van der Waals surface area contributed by atoms with Gasteiger partial charge in [0.25, 0.3) is 5.91 Å². The van der Waals surface area contributed by atoms with Gasteiger partial charge in [0, 0.05) is 9.90 Å². The number of carbonyl (C=O) groups excluding carboxylic acids is 1. The maximum absolute atomic E-state index is 11.8. The Hall–Kier alpha value is -1.59. The molecule has 1 aliphatic rings. The monoisotopic (exact) mass is 308 g/mol. The summed E-state index contributed by atoms with van der Waals surface area (Å²) in [4.78, 5) is 17.5. The molecule has 0 atom stereocenters. The summed E-state index contributed by atoms with van der Waals surface area (Å²) in [5.74, 6) is 0.415. The highest BCUT2D eigenvalue weighted by atomic mass is 35.5. The van der Waals surface area contributed by atoms with Crippen LogP contribution in [0.4, 0.5) is 5.13 Å². The van der Waals surface area contributed by atoms with Gasteiger partial charge in [-0.2, -0.15) is 0 Å². The van der Waals surface area contributed by atoms with Crippen molar-refractivity contribution in [1.82, 2.24) is 4.98 Å². The molecule has 0 aliphatic heterocycles. The zero-order valence-corrected chi connectivity index (χ0v) is 12.3. The number of fused-ring (bicyclic) bond motifs is 1. The third-order valence-electron chi connectivity index (χ3n) is 3.03. The van der Waals surface area contributed by atoms with Crippen molar-refractivity contribution in [3.63, 3.8) is 0 Å². The average molecular weight is 309 g/mol. The lowest BCUT2D eigenvalue weighted by Crippen LogP contribution is -2.20. The highest BCUT2D eigenvalue weighted by Gasteiger charge is 2.17. The molecule has 1 N–H and O–H groups in total. The maximum atomic E-state index is 11.8. The van der Waals surface area contributed by atoms with Crippen LogP contribution < -0.4 is 10.1 Å². The van der Waals surface area contributed by atoms with E-state index in [1.165, 1.54) is 11.3 Å². The highest BCUT2D eigenvalue weighted by molar-refractivity contribution is 7.15.